The van der Waals surface area contributed by atoms with E-state index >= 15 is 0 Å². The molecule has 15 heavy (non-hydrogen) atoms. The number of halogens is 1. The van der Waals surface area contributed by atoms with Crippen LogP contribution in [-0.2, 0) is 4.43 Å². The van der Waals surface area contributed by atoms with Gasteiger partial charge in [0.25, 0.3) is 0 Å². The highest BCUT2D eigenvalue weighted by Gasteiger charge is 2.19. The molecule has 0 N–H and O–H groups in total. The van der Waals surface area contributed by atoms with Crippen LogP contribution in [0.5, 0.6) is 0 Å². The second-order valence-corrected chi connectivity index (χ2v) is 9.32. The van der Waals surface area contributed by atoms with Crippen LogP contribution in [-0.4, -0.2) is 21.1 Å². The summed E-state index contributed by atoms with van der Waals surface area (Å²) in [6.07, 6.45) is 8.11. The van der Waals surface area contributed by atoms with Crippen molar-refractivity contribution >= 4 is 8.32 Å². The van der Waals surface area contributed by atoms with Gasteiger partial charge in [0, 0.05) is 6.10 Å². The van der Waals surface area contributed by atoms with Gasteiger partial charge in [-0.05, 0) is 32.5 Å². The molecule has 90 valence electrons. The molecular weight excluding hydrogens is 207 g/mol. The highest BCUT2D eigenvalue weighted by Crippen LogP contribution is 2.16. The minimum Gasteiger partial charge on any atom is -0.414 e. The first-order chi connectivity index (χ1) is 6.99. The molecule has 0 rings (SSSR count). The summed E-state index contributed by atoms with van der Waals surface area (Å²) in [6.45, 7) is 8.41. The molecule has 0 radical (unpaired) electrons. The molecule has 0 aromatic carbocycles. The molecule has 0 spiro atoms. The number of hydrogen-bond donors (Lipinski definition) is 0. The lowest BCUT2D eigenvalue weighted by molar-refractivity contribution is 0.183. The Kier molecular flexibility index (Phi) is 7.97. The molecule has 0 aromatic rings. The smallest absolute Gasteiger partial charge is 0.184 e. The molecule has 1 atom stereocenters. The lowest BCUT2D eigenvalue weighted by atomic mass is 10.1. The number of allylic oxidation sites excluding steroid dienone is 1. The van der Waals surface area contributed by atoms with Crippen molar-refractivity contribution in [1.82, 2.24) is 0 Å². The van der Waals surface area contributed by atoms with E-state index in [1.807, 2.05) is 6.08 Å². The number of alkyl halides is 1. The second-order valence-electron chi connectivity index (χ2n) is 4.86. The Labute approximate surface area is 94.8 Å². The van der Waals surface area contributed by atoms with Gasteiger partial charge in [0.1, 0.15) is 6.67 Å². The van der Waals surface area contributed by atoms with E-state index in [1.54, 1.807) is 6.08 Å². The predicted octanol–water partition coefficient (Wildman–Crippen LogP) is 4.31. The Balaban J connectivity index is 4.00. The fourth-order valence-corrected chi connectivity index (χ4v) is 2.68. The van der Waals surface area contributed by atoms with Crippen LogP contribution in [0.15, 0.2) is 12.2 Å². The van der Waals surface area contributed by atoms with E-state index in [0.29, 0.717) is 6.10 Å². The Hall–Kier alpha value is -0.153. The molecule has 0 heterocycles. The third-order valence-corrected chi connectivity index (χ3v) is 3.10. The SMILES string of the molecule is CCCCC(CC=CCF)O[Si](C)(C)C. The zero-order valence-corrected chi connectivity index (χ0v) is 11.6. The molecule has 1 nitrogen and oxygen atoms in total. The van der Waals surface area contributed by atoms with Crippen molar-refractivity contribution in [3.05, 3.63) is 12.2 Å². The van der Waals surface area contributed by atoms with Crippen LogP contribution in [0.4, 0.5) is 4.39 Å². The second kappa shape index (κ2) is 8.05. The van der Waals surface area contributed by atoms with Gasteiger partial charge >= 0.3 is 0 Å². The highest BCUT2D eigenvalue weighted by molar-refractivity contribution is 6.69. The van der Waals surface area contributed by atoms with E-state index in [-0.39, 0.29) is 6.67 Å². The average Bonchev–Trinajstić information content (AvgIpc) is 2.12. The van der Waals surface area contributed by atoms with Gasteiger partial charge < -0.3 is 4.43 Å². The minimum absolute atomic E-state index is 0.291. The van der Waals surface area contributed by atoms with Crippen molar-refractivity contribution in [2.45, 2.75) is 58.4 Å². The normalized spacial score (nSPS) is 14.7. The standard InChI is InChI=1S/C12H25FOSi/c1-5-6-9-12(10-7-8-11-13)14-15(2,3)4/h7-8,12H,5-6,9-11H2,1-4H3. The fourth-order valence-electron chi connectivity index (χ4n) is 1.47. The van der Waals surface area contributed by atoms with Crippen LogP contribution in [0.3, 0.4) is 0 Å². The Morgan fingerprint density at radius 3 is 2.40 bits per heavy atom. The Bertz CT molecular complexity index is 175. The minimum atomic E-state index is -1.46. The molecule has 1 unspecified atom stereocenters. The van der Waals surface area contributed by atoms with Crippen LogP contribution >= 0.6 is 0 Å². The summed E-state index contributed by atoms with van der Waals surface area (Å²) >= 11 is 0. The van der Waals surface area contributed by atoms with Crippen molar-refractivity contribution in [2.75, 3.05) is 6.67 Å². The van der Waals surface area contributed by atoms with Crippen molar-refractivity contribution in [3.8, 4) is 0 Å². The molecule has 0 aromatic heterocycles. The monoisotopic (exact) mass is 232 g/mol. The molecule has 0 saturated heterocycles. The molecule has 0 aliphatic carbocycles. The van der Waals surface area contributed by atoms with Crippen molar-refractivity contribution < 1.29 is 8.82 Å². The summed E-state index contributed by atoms with van der Waals surface area (Å²) in [6, 6.07) is 0. The van der Waals surface area contributed by atoms with Crippen LogP contribution < -0.4 is 0 Å². The third-order valence-electron chi connectivity index (χ3n) is 2.05. The number of rotatable bonds is 8. The van der Waals surface area contributed by atoms with Crippen molar-refractivity contribution in [2.24, 2.45) is 0 Å². The van der Waals surface area contributed by atoms with Gasteiger partial charge in [-0.15, -0.1) is 0 Å². The van der Waals surface area contributed by atoms with Crippen LogP contribution in [0.25, 0.3) is 0 Å². The molecule has 0 aliphatic rings. The zero-order chi connectivity index (χ0) is 11.7. The first kappa shape index (κ1) is 14.8. The average molecular weight is 232 g/mol. The van der Waals surface area contributed by atoms with E-state index < -0.39 is 8.32 Å². The van der Waals surface area contributed by atoms with Crippen molar-refractivity contribution in [3.63, 3.8) is 0 Å². The summed E-state index contributed by atoms with van der Waals surface area (Å²) in [4.78, 5) is 0. The quantitative estimate of drug-likeness (QED) is 0.447. The largest absolute Gasteiger partial charge is 0.414 e. The van der Waals surface area contributed by atoms with Gasteiger partial charge in [-0.2, -0.15) is 0 Å². The zero-order valence-electron chi connectivity index (χ0n) is 10.6. The number of hydrogen-bond acceptors (Lipinski definition) is 1. The lowest BCUT2D eigenvalue weighted by Crippen LogP contribution is -2.31. The molecule has 0 fully saturated rings. The molecule has 0 aliphatic heterocycles. The Morgan fingerprint density at radius 2 is 1.93 bits per heavy atom. The lowest BCUT2D eigenvalue weighted by Gasteiger charge is -2.25. The summed E-state index contributed by atoms with van der Waals surface area (Å²) in [5.74, 6) is 0. The van der Waals surface area contributed by atoms with Crippen molar-refractivity contribution in [1.29, 1.82) is 0 Å². The van der Waals surface area contributed by atoms with Gasteiger partial charge in [-0.1, -0.05) is 31.9 Å². The summed E-state index contributed by atoms with van der Waals surface area (Å²) in [7, 11) is -1.46. The van der Waals surface area contributed by atoms with Gasteiger partial charge in [0.05, 0.1) is 0 Å². The van der Waals surface area contributed by atoms with E-state index in [9.17, 15) is 4.39 Å². The molecule has 3 heteroatoms. The first-order valence-electron chi connectivity index (χ1n) is 5.88. The number of unbranched alkanes of at least 4 members (excludes halogenated alkanes) is 1. The maximum absolute atomic E-state index is 11.9. The summed E-state index contributed by atoms with van der Waals surface area (Å²) in [5.41, 5.74) is 0. The Morgan fingerprint density at radius 1 is 1.27 bits per heavy atom. The van der Waals surface area contributed by atoms with Crippen LogP contribution in [0, 0.1) is 0 Å². The maximum atomic E-state index is 11.9. The van der Waals surface area contributed by atoms with Gasteiger partial charge in [-0.25, -0.2) is 4.39 Å². The first-order valence-corrected chi connectivity index (χ1v) is 9.29. The van der Waals surface area contributed by atoms with Crippen LogP contribution in [0.2, 0.25) is 19.6 Å². The topological polar surface area (TPSA) is 9.23 Å². The van der Waals surface area contributed by atoms with Crippen LogP contribution in [0.1, 0.15) is 32.6 Å². The van der Waals surface area contributed by atoms with E-state index in [2.05, 4.69) is 26.6 Å². The maximum Gasteiger partial charge on any atom is 0.184 e. The fraction of sp³-hybridized carbons (Fsp3) is 0.833. The molecule has 0 bridgehead atoms. The molecular formula is C12H25FOSi. The van der Waals surface area contributed by atoms with E-state index in [0.717, 1.165) is 12.8 Å². The summed E-state index contributed by atoms with van der Waals surface area (Å²) in [5, 5.41) is 0. The van der Waals surface area contributed by atoms with Gasteiger partial charge in [0.2, 0.25) is 0 Å². The third kappa shape index (κ3) is 10.1. The van der Waals surface area contributed by atoms with E-state index in [1.165, 1.54) is 12.8 Å². The molecule has 0 amide bonds. The summed E-state index contributed by atoms with van der Waals surface area (Å²) < 4.78 is 18.0. The predicted molar refractivity (Wildman–Crippen MR) is 67.5 cm³/mol. The van der Waals surface area contributed by atoms with E-state index in [4.69, 9.17) is 4.43 Å². The molecule has 0 saturated carbocycles. The highest BCUT2D eigenvalue weighted by atomic mass is 28.4. The van der Waals surface area contributed by atoms with Gasteiger partial charge in [0.15, 0.2) is 8.32 Å². The van der Waals surface area contributed by atoms with Gasteiger partial charge in [-0.3, -0.25) is 0 Å².